The van der Waals surface area contributed by atoms with Crippen LogP contribution >= 0.6 is 0 Å². The molecule has 0 radical (unpaired) electrons. The van der Waals surface area contributed by atoms with Gasteiger partial charge in [0.25, 0.3) is 0 Å². The molecule has 106 valence electrons. The number of nitrogens with one attached hydrogen (secondary N) is 1. The van der Waals surface area contributed by atoms with Crippen molar-refractivity contribution in [1.29, 1.82) is 0 Å². The molecule has 5 heteroatoms. The van der Waals surface area contributed by atoms with Crippen LogP contribution in [0.2, 0.25) is 0 Å². The van der Waals surface area contributed by atoms with Crippen molar-refractivity contribution < 1.29 is 14.7 Å². The molecule has 0 fully saturated rings. The third-order valence-electron chi connectivity index (χ3n) is 3.53. The molecule has 3 unspecified atom stereocenters. The Bertz CT molecular complexity index is 281. The Hall–Kier alpha value is -1.10. The van der Waals surface area contributed by atoms with E-state index in [4.69, 9.17) is 0 Å². The van der Waals surface area contributed by atoms with Gasteiger partial charge in [-0.1, -0.05) is 27.2 Å². The molecular formula is C13H26N2O3. The minimum atomic E-state index is -0.802. The quantitative estimate of drug-likeness (QED) is 0.703. The summed E-state index contributed by atoms with van der Waals surface area (Å²) in [5.74, 6) is -0.307. The van der Waals surface area contributed by atoms with E-state index in [0.29, 0.717) is 6.54 Å². The number of aliphatic hydroxyl groups excluding tert-OH is 1. The average Bonchev–Trinajstić information content (AvgIpc) is 2.36. The van der Waals surface area contributed by atoms with Gasteiger partial charge in [0.15, 0.2) is 0 Å². The average molecular weight is 258 g/mol. The van der Waals surface area contributed by atoms with Crippen molar-refractivity contribution >= 4 is 11.8 Å². The molecular weight excluding hydrogens is 232 g/mol. The lowest BCUT2D eigenvalue weighted by Crippen LogP contribution is -2.51. The van der Waals surface area contributed by atoms with Gasteiger partial charge in [-0.05, 0) is 12.8 Å². The minimum absolute atomic E-state index is 0.102. The van der Waals surface area contributed by atoms with Gasteiger partial charge < -0.3 is 15.3 Å². The van der Waals surface area contributed by atoms with E-state index in [0.717, 1.165) is 6.42 Å². The molecule has 5 nitrogen and oxygen atoms in total. The monoisotopic (exact) mass is 258 g/mol. The molecule has 0 saturated heterocycles. The molecule has 0 aromatic heterocycles. The fourth-order valence-electron chi connectivity index (χ4n) is 1.75. The van der Waals surface area contributed by atoms with Crippen LogP contribution in [0.15, 0.2) is 0 Å². The molecule has 18 heavy (non-hydrogen) atoms. The third kappa shape index (κ3) is 4.29. The van der Waals surface area contributed by atoms with E-state index in [-0.39, 0.29) is 30.3 Å². The van der Waals surface area contributed by atoms with Crippen molar-refractivity contribution in [3.63, 3.8) is 0 Å². The largest absolute Gasteiger partial charge is 0.394 e. The minimum Gasteiger partial charge on any atom is -0.394 e. The molecule has 2 amide bonds. The third-order valence-corrected chi connectivity index (χ3v) is 3.53. The maximum Gasteiger partial charge on any atom is 0.245 e. The molecule has 0 aliphatic heterocycles. The lowest BCUT2D eigenvalue weighted by atomic mass is 9.92. The molecule has 0 bridgehead atoms. The summed E-state index contributed by atoms with van der Waals surface area (Å²) in [5.41, 5.74) is 0. The molecule has 0 aromatic rings. The maximum atomic E-state index is 12.2. The van der Waals surface area contributed by atoms with E-state index in [1.54, 1.807) is 14.0 Å². The van der Waals surface area contributed by atoms with E-state index in [9.17, 15) is 14.7 Å². The topological polar surface area (TPSA) is 69.6 Å². The summed E-state index contributed by atoms with van der Waals surface area (Å²) < 4.78 is 0. The highest BCUT2D eigenvalue weighted by Crippen LogP contribution is 2.17. The van der Waals surface area contributed by atoms with Crippen LogP contribution in [0.25, 0.3) is 0 Å². The summed E-state index contributed by atoms with van der Waals surface area (Å²) in [5, 5.41) is 11.9. The molecule has 0 aliphatic carbocycles. The number of rotatable bonds is 7. The summed E-state index contributed by atoms with van der Waals surface area (Å²) in [6, 6.07) is -0.802. The number of hydrogen-bond acceptors (Lipinski definition) is 3. The fraction of sp³-hybridized carbons (Fsp3) is 0.846. The van der Waals surface area contributed by atoms with Gasteiger partial charge >= 0.3 is 0 Å². The van der Waals surface area contributed by atoms with Gasteiger partial charge in [-0.3, -0.25) is 9.59 Å². The molecule has 3 atom stereocenters. The lowest BCUT2D eigenvalue weighted by Gasteiger charge is -2.30. The second-order valence-electron chi connectivity index (χ2n) is 4.72. The van der Waals surface area contributed by atoms with E-state index < -0.39 is 6.04 Å². The van der Waals surface area contributed by atoms with Crippen LogP contribution in [0.5, 0.6) is 0 Å². The van der Waals surface area contributed by atoms with E-state index in [1.165, 1.54) is 4.90 Å². The van der Waals surface area contributed by atoms with Crippen LogP contribution in [0.1, 0.15) is 34.1 Å². The van der Waals surface area contributed by atoms with Gasteiger partial charge in [-0.15, -0.1) is 0 Å². The number of hydrogen-bond donors (Lipinski definition) is 2. The van der Waals surface area contributed by atoms with Crippen molar-refractivity contribution in [2.24, 2.45) is 11.8 Å². The second kappa shape index (κ2) is 8.08. The van der Waals surface area contributed by atoms with Gasteiger partial charge in [0.1, 0.15) is 6.04 Å². The number of aliphatic hydroxyl groups is 1. The van der Waals surface area contributed by atoms with E-state index in [2.05, 4.69) is 5.32 Å². The highest BCUT2D eigenvalue weighted by atomic mass is 16.3. The van der Waals surface area contributed by atoms with Gasteiger partial charge in [-0.2, -0.15) is 0 Å². The molecule has 0 aromatic carbocycles. The fourth-order valence-corrected chi connectivity index (χ4v) is 1.75. The predicted molar refractivity (Wildman–Crippen MR) is 70.9 cm³/mol. The first kappa shape index (κ1) is 16.9. The first-order valence-electron chi connectivity index (χ1n) is 6.55. The molecule has 0 heterocycles. The number of amides is 2. The van der Waals surface area contributed by atoms with E-state index in [1.807, 2.05) is 20.8 Å². The number of carbonyl (C=O) groups is 2. The SMILES string of the molecule is CCNC(=O)C(CO)N(C)C(=O)C(C)C(C)CC. The number of nitrogens with zero attached hydrogens (tertiary/aromatic N) is 1. The summed E-state index contributed by atoms with van der Waals surface area (Å²) in [4.78, 5) is 25.3. The Kier molecular flexibility index (Phi) is 7.59. The Labute approximate surface area is 110 Å². The van der Waals surface area contributed by atoms with Crippen LogP contribution in [-0.2, 0) is 9.59 Å². The highest BCUT2D eigenvalue weighted by molar-refractivity contribution is 5.88. The Morgan fingerprint density at radius 1 is 1.28 bits per heavy atom. The van der Waals surface area contributed by atoms with Crippen molar-refractivity contribution in [3.8, 4) is 0 Å². The van der Waals surface area contributed by atoms with Crippen LogP contribution < -0.4 is 5.32 Å². The zero-order valence-corrected chi connectivity index (χ0v) is 12.1. The molecule has 0 spiro atoms. The number of likely N-dealkylation sites (N-methyl/N-ethyl adjacent to an activating group) is 2. The van der Waals surface area contributed by atoms with Crippen LogP contribution in [0.4, 0.5) is 0 Å². The van der Waals surface area contributed by atoms with Crippen molar-refractivity contribution in [2.45, 2.75) is 40.2 Å². The first-order chi connectivity index (χ1) is 8.40. The summed E-state index contributed by atoms with van der Waals surface area (Å²) in [6.07, 6.45) is 0.908. The van der Waals surface area contributed by atoms with Crippen molar-refractivity contribution in [2.75, 3.05) is 20.2 Å². The highest BCUT2D eigenvalue weighted by Gasteiger charge is 2.30. The first-order valence-corrected chi connectivity index (χ1v) is 6.55. The lowest BCUT2D eigenvalue weighted by molar-refractivity contribution is -0.144. The maximum absolute atomic E-state index is 12.2. The molecule has 0 rings (SSSR count). The van der Waals surface area contributed by atoms with Crippen molar-refractivity contribution in [1.82, 2.24) is 10.2 Å². The van der Waals surface area contributed by atoms with Gasteiger partial charge in [0.2, 0.25) is 11.8 Å². The molecule has 0 saturated carbocycles. The number of carbonyl (C=O) groups excluding carboxylic acids is 2. The van der Waals surface area contributed by atoms with Crippen molar-refractivity contribution in [3.05, 3.63) is 0 Å². The summed E-state index contributed by atoms with van der Waals surface area (Å²) >= 11 is 0. The van der Waals surface area contributed by atoms with Crippen LogP contribution in [0.3, 0.4) is 0 Å². The van der Waals surface area contributed by atoms with Gasteiger partial charge in [0, 0.05) is 19.5 Å². The van der Waals surface area contributed by atoms with Gasteiger partial charge in [-0.25, -0.2) is 0 Å². The van der Waals surface area contributed by atoms with Crippen LogP contribution in [0, 0.1) is 11.8 Å². The Morgan fingerprint density at radius 3 is 2.22 bits per heavy atom. The Balaban J connectivity index is 4.73. The summed E-state index contributed by atoms with van der Waals surface area (Å²) in [7, 11) is 1.57. The predicted octanol–water partition coefficient (Wildman–Crippen LogP) is 0.624. The Morgan fingerprint density at radius 2 is 1.83 bits per heavy atom. The molecule has 2 N–H and O–H groups in total. The summed E-state index contributed by atoms with van der Waals surface area (Å²) in [6.45, 7) is 7.83. The zero-order valence-electron chi connectivity index (χ0n) is 12.1. The normalized spacial score (nSPS) is 15.7. The van der Waals surface area contributed by atoms with E-state index >= 15 is 0 Å². The second-order valence-corrected chi connectivity index (χ2v) is 4.72. The molecule has 0 aliphatic rings. The standard InChI is InChI=1S/C13H26N2O3/c1-6-9(3)10(4)13(18)15(5)11(8-16)12(17)14-7-2/h9-11,16H,6-8H2,1-5H3,(H,14,17). The van der Waals surface area contributed by atoms with Crippen LogP contribution in [-0.4, -0.2) is 48.1 Å². The van der Waals surface area contributed by atoms with Gasteiger partial charge in [0.05, 0.1) is 6.61 Å². The zero-order chi connectivity index (χ0) is 14.3. The smallest absolute Gasteiger partial charge is 0.245 e.